The van der Waals surface area contributed by atoms with E-state index in [1.807, 2.05) is 6.20 Å². The number of nitrogens with zero attached hydrogens (tertiary/aromatic N) is 1. The summed E-state index contributed by atoms with van der Waals surface area (Å²) in [7, 11) is 0. The second-order valence-electron chi connectivity index (χ2n) is 2.92. The number of hydrogen-bond acceptors (Lipinski definition) is 2. The number of rotatable bonds is 0. The summed E-state index contributed by atoms with van der Waals surface area (Å²) >= 11 is 0. The minimum atomic E-state index is 0.690. The van der Waals surface area contributed by atoms with Crippen LogP contribution in [0.3, 0.4) is 0 Å². The summed E-state index contributed by atoms with van der Waals surface area (Å²) in [5.41, 5.74) is 3.71. The molecular weight excluding hydrogens is 138 g/mol. The molecule has 0 bridgehead atoms. The van der Waals surface area contributed by atoms with E-state index in [1.54, 1.807) is 0 Å². The van der Waals surface area contributed by atoms with Gasteiger partial charge in [-0.2, -0.15) is 0 Å². The van der Waals surface area contributed by atoms with Crippen molar-refractivity contribution in [1.82, 2.24) is 4.98 Å². The third-order valence-corrected chi connectivity index (χ3v) is 1.95. The van der Waals surface area contributed by atoms with Gasteiger partial charge in [0.15, 0.2) is 0 Å². The minimum Gasteiger partial charge on any atom is -0.375 e. The van der Waals surface area contributed by atoms with Crippen molar-refractivity contribution in [3.8, 4) is 0 Å². The molecule has 1 aliphatic rings. The number of aryl methyl sites for hydroxylation is 1. The van der Waals surface area contributed by atoms with Gasteiger partial charge in [-0.1, -0.05) is 6.07 Å². The Morgan fingerprint density at radius 3 is 3.36 bits per heavy atom. The molecule has 58 valence electrons. The van der Waals surface area contributed by atoms with Gasteiger partial charge in [-0.25, -0.2) is 0 Å². The molecule has 1 aromatic heterocycles. The highest BCUT2D eigenvalue weighted by Gasteiger charge is 2.09. The zero-order chi connectivity index (χ0) is 7.68. The van der Waals surface area contributed by atoms with Crippen LogP contribution in [0, 0.1) is 6.92 Å². The van der Waals surface area contributed by atoms with Crippen molar-refractivity contribution in [2.45, 2.75) is 20.0 Å². The lowest BCUT2D eigenvalue weighted by Crippen LogP contribution is -2.11. The van der Waals surface area contributed by atoms with Crippen LogP contribution in [0.25, 0.3) is 0 Å². The number of ether oxygens (including phenoxy) is 1. The summed E-state index contributed by atoms with van der Waals surface area (Å²) < 4.78 is 5.27. The van der Waals surface area contributed by atoms with Crippen molar-refractivity contribution in [3.05, 3.63) is 29.1 Å². The van der Waals surface area contributed by atoms with E-state index in [-0.39, 0.29) is 0 Å². The zero-order valence-electron chi connectivity index (χ0n) is 6.63. The Balaban J connectivity index is 2.43. The fourth-order valence-corrected chi connectivity index (χ4v) is 1.36. The predicted octanol–water partition coefficient (Wildman–Crippen LogP) is 1.46. The first-order valence-electron chi connectivity index (χ1n) is 3.88. The second kappa shape index (κ2) is 2.62. The molecule has 2 heterocycles. The molecule has 0 spiro atoms. The van der Waals surface area contributed by atoms with Crippen LogP contribution in [0.15, 0.2) is 12.3 Å². The first kappa shape index (κ1) is 6.80. The van der Waals surface area contributed by atoms with E-state index in [2.05, 4.69) is 18.0 Å². The van der Waals surface area contributed by atoms with Gasteiger partial charge in [0.1, 0.15) is 0 Å². The summed E-state index contributed by atoms with van der Waals surface area (Å²) in [6.45, 7) is 3.61. The molecule has 0 aromatic carbocycles. The number of hydrogen-bond donors (Lipinski definition) is 0. The molecule has 0 saturated carbocycles. The SMILES string of the molecule is Cc1cnc2c(c1)CCOC2. The van der Waals surface area contributed by atoms with Crippen molar-refractivity contribution in [2.75, 3.05) is 6.61 Å². The van der Waals surface area contributed by atoms with Crippen LogP contribution in [0.2, 0.25) is 0 Å². The molecule has 0 N–H and O–H groups in total. The summed E-state index contributed by atoms with van der Waals surface area (Å²) in [4.78, 5) is 4.29. The Bertz CT molecular complexity index is 270. The molecule has 11 heavy (non-hydrogen) atoms. The van der Waals surface area contributed by atoms with Gasteiger partial charge >= 0.3 is 0 Å². The average molecular weight is 149 g/mol. The molecule has 0 fully saturated rings. The van der Waals surface area contributed by atoms with Crippen LogP contribution in [0.1, 0.15) is 16.8 Å². The van der Waals surface area contributed by atoms with Gasteiger partial charge in [0.2, 0.25) is 0 Å². The quantitative estimate of drug-likeness (QED) is 0.557. The van der Waals surface area contributed by atoms with Gasteiger partial charge in [0.05, 0.1) is 18.9 Å². The van der Waals surface area contributed by atoms with Crippen molar-refractivity contribution in [1.29, 1.82) is 0 Å². The standard InChI is InChI=1S/C9H11NO/c1-7-4-8-2-3-11-6-9(8)10-5-7/h4-5H,2-3,6H2,1H3. The topological polar surface area (TPSA) is 22.1 Å². The van der Waals surface area contributed by atoms with Gasteiger partial charge in [0, 0.05) is 6.20 Å². The second-order valence-corrected chi connectivity index (χ2v) is 2.92. The Labute approximate surface area is 66.2 Å². The minimum absolute atomic E-state index is 0.690. The van der Waals surface area contributed by atoms with Gasteiger partial charge in [-0.05, 0) is 24.5 Å². The molecule has 0 unspecified atom stereocenters. The van der Waals surface area contributed by atoms with E-state index in [0.29, 0.717) is 6.61 Å². The van der Waals surface area contributed by atoms with Crippen LogP contribution in [-0.4, -0.2) is 11.6 Å². The molecule has 1 aromatic rings. The maximum atomic E-state index is 5.27. The van der Waals surface area contributed by atoms with Gasteiger partial charge < -0.3 is 4.74 Å². The van der Waals surface area contributed by atoms with Crippen molar-refractivity contribution in [2.24, 2.45) is 0 Å². The zero-order valence-corrected chi connectivity index (χ0v) is 6.63. The van der Waals surface area contributed by atoms with E-state index >= 15 is 0 Å². The Morgan fingerprint density at radius 2 is 2.45 bits per heavy atom. The lowest BCUT2D eigenvalue weighted by Gasteiger charge is -2.14. The normalized spacial score (nSPS) is 16.1. The van der Waals surface area contributed by atoms with Gasteiger partial charge in [-0.3, -0.25) is 4.98 Å². The third-order valence-electron chi connectivity index (χ3n) is 1.95. The molecule has 0 radical (unpaired) electrons. The Morgan fingerprint density at radius 1 is 1.55 bits per heavy atom. The summed E-state index contributed by atoms with van der Waals surface area (Å²) in [5, 5.41) is 0. The monoisotopic (exact) mass is 149 g/mol. The number of fused-ring (bicyclic) bond motifs is 1. The summed E-state index contributed by atoms with van der Waals surface area (Å²) in [6.07, 6.45) is 2.91. The van der Waals surface area contributed by atoms with Crippen LogP contribution in [0.5, 0.6) is 0 Å². The Kier molecular flexibility index (Phi) is 1.62. The van der Waals surface area contributed by atoms with E-state index in [0.717, 1.165) is 18.7 Å². The fraction of sp³-hybridized carbons (Fsp3) is 0.444. The number of aromatic nitrogens is 1. The first-order chi connectivity index (χ1) is 5.36. The van der Waals surface area contributed by atoms with E-state index in [1.165, 1.54) is 11.1 Å². The lowest BCUT2D eigenvalue weighted by atomic mass is 10.1. The lowest BCUT2D eigenvalue weighted by molar-refractivity contribution is 0.107. The van der Waals surface area contributed by atoms with E-state index < -0.39 is 0 Å². The van der Waals surface area contributed by atoms with Crippen LogP contribution >= 0.6 is 0 Å². The number of pyridine rings is 1. The van der Waals surface area contributed by atoms with Crippen LogP contribution in [-0.2, 0) is 17.8 Å². The summed E-state index contributed by atoms with van der Waals surface area (Å²) in [6, 6.07) is 2.20. The largest absolute Gasteiger partial charge is 0.375 e. The first-order valence-corrected chi connectivity index (χ1v) is 3.88. The molecule has 1 aliphatic heterocycles. The molecule has 0 aliphatic carbocycles. The summed E-state index contributed by atoms with van der Waals surface area (Å²) in [5.74, 6) is 0. The van der Waals surface area contributed by atoms with Gasteiger partial charge in [-0.15, -0.1) is 0 Å². The molecule has 0 saturated heterocycles. The smallest absolute Gasteiger partial charge is 0.0890 e. The predicted molar refractivity (Wildman–Crippen MR) is 42.3 cm³/mol. The van der Waals surface area contributed by atoms with Crippen molar-refractivity contribution < 1.29 is 4.74 Å². The average Bonchev–Trinajstić information content (AvgIpc) is 2.04. The highest BCUT2D eigenvalue weighted by atomic mass is 16.5. The highest BCUT2D eigenvalue weighted by Crippen LogP contribution is 2.14. The fourth-order valence-electron chi connectivity index (χ4n) is 1.36. The highest BCUT2D eigenvalue weighted by molar-refractivity contribution is 5.25. The molecule has 2 rings (SSSR count). The van der Waals surface area contributed by atoms with Crippen molar-refractivity contribution >= 4 is 0 Å². The molecule has 0 atom stereocenters. The van der Waals surface area contributed by atoms with Crippen molar-refractivity contribution in [3.63, 3.8) is 0 Å². The maximum absolute atomic E-state index is 5.27. The van der Waals surface area contributed by atoms with Crippen LogP contribution in [0.4, 0.5) is 0 Å². The molecule has 0 amide bonds. The van der Waals surface area contributed by atoms with E-state index in [4.69, 9.17) is 4.74 Å². The van der Waals surface area contributed by atoms with Gasteiger partial charge in [0.25, 0.3) is 0 Å². The molecule has 2 nitrogen and oxygen atoms in total. The van der Waals surface area contributed by atoms with Crippen LogP contribution < -0.4 is 0 Å². The third kappa shape index (κ3) is 1.26. The Hall–Kier alpha value is -0.890. The molecule has 2 heteroatoms. The maximum Gasteiger partial charge on any atom is 0.0890 e. The van der Waals surface area contributed by atoms with E-state index in [9.17, 15) is 0 Å². The molecular formula is C9H11NO.